The van der Waals surface area contributed by atoms with Crippen molar-refractivity contribution in [2.45, 2.75) is 18.4 Å². The molecule has 2 N–H and O–H groups in total. The molecule has 0 atom stereocenters. The van der Waals surface area contributed by atoms with Crippen LogP contribution in [0.4, 0.5) is 5.69 Å². The van der Waals surface area contributed by atoms with Crippen LogP contribution < -0.4 is 10.0 Å². The Labute approximate surface area is 162 Å². The SMILES string of the molecule is Cc1ccc(S(=O)(=O)Nc2ccc(C(=O)NCc3ccco3)cc2Cl)cc1. The fourth-order valence-corrected chi connectivity index (χ4v) is 3.71. The molecule has 0 aliphatic carbocycles. The summed E-state index contributed by atoms with van der Waals surface area (Å²) < 4.78 is 32.5. The quantitative estimate of drug-likeness (QED) is 0.650. The first-order valence-corrected chi connectivity index (χ1v) is 9.91. The van der Waals surface area contributed by atoms with Gasteiger partial charge in [-0.2, -0.15) is 0 Å². The van der Waals surface area contributed by atoms with E-state index in [0.29, 0.717) is 11.3 Å². The van der Waals surface area contributed by atoms with E-state index in [2.05, 4.69) is 10.0 Å². The van der Waals surface area contributed by atoms with Crippen LogP contribution in [0.15, 0.2) is 70.2 Å². The highest BCUT2D eigenvalue weighted by Crippen LogP contribution is 2.26. The molecule has 1 aromatic heterocycles. The van der Waals surface area contributed by atoms with Crippen molar-refractivity contribution in [1.29, 1.82) is 0 Å². The maximum atomic E-state index is 12.5. The molecule has 27 heavy (non-hydrogen) atoms. The van der Waals surface area contributed by atoms with Gasteiger partial charge in [-0.1, -0.05) is 29.3 Å². The number of rotatable bonds is 6. The number of hydrogen-bond donors (Lipinski definition) is 2. The van der Waals surface area contributed by atoms with Gasteiger partial charge in [0.25, 0.3) is 15.9 Å². The third kappa shape index (κ3) is 4.69. The van der Waals surface area contributed by atoms with Gasteiger partial charge in [-0.3, -0.25) is 9.52 Å². The lowest BCUT2D eigenvalue weighted by Gasteiger charge is -2.11. The second-order valence-corrected chi connectivity index (χ2v) is 7.96. The fraction of sp³-hybridized carbons (Fsp3) is 0.105. The topological polar surface area (TPSA) is 88.4 Å². The molecule has 1 amide bonds. The van der Waals surface area contributed by atoms with E-state index in [-0.39, 0.29) is 28.1 Å². The molecule has 6 nitrogen and oxygen atoms in total. The van der Waals surface area contributed by atoms with Crippen molar-refractivity contribution in [2.75, 3.05) is 4.72 Å². The second-order valence-electron chi connectivity index (χ2n) is 5.88. The molecule has 0 saturated carbocycles. The van der Waals surface area contributed by atoms with Crippen molar-refractivity contribution < 1.29 is 17.6 Å². The van der Waals surface area contributed by atoms with E-state index in [1.54, 1.807) is 24.3 Å². The summed E-state index contributed by atoms with van der Waals surface area (Å²) in [5.74, 6) is 0.276. The first-order valence-electron chi connectivity index (χ1n) is 8.05. The van der Waals surface area contributed by atoms with Gasteiger partial charge in [-0.25, -0.2) is 8.42 Å². The number of aryl methyl sites for hydroxylation is 1. The Morgan fingerprint density at radius 3 is 2.48 bits per heavy atom. The summed E-state index contributed by atoms with van der Waals surface area (Å²) >= 11 is 6.17. The van der Waals surface area contributed by atoms with Gasteiger partial charge in [0.1, 0.15) is 5.76 Å². The van der Waals surface area contributed by atoms with E-state index in [1.807, 2.05) is 6.92 Å². The lowest BCUT2D eigenvalue weighted by Crippen LogP contribution is -2.22. The van der Waals surface area contributed by atoms with Crippen LogP contribution >= 0.6 is 11.6 Å². The number of halogens is 1. The van der Waals surface area contributed by atoms with Crippen LogP contribution in [-0.2, 0) is 16.6 Å². The zero-order valence-corrected chi connectivity index (χ0v) is 16.0. The molecular weight excluding hydrogens is 388 g/mol. The van der Waals surface area contributed by atoms with Crippen LogP contribution in [0.5, 0.6) is 0 Å². The van der Waals surface area contributed by atoms with Crippen molar-refractivity contribution in [3.63, 3.8) is 0 Å². The molecule has 0 aliphatic heterocycles. The summed E-state index contributed by atoms with van der Waals surface area (Å²) in [4.78, 5) is 12.3. The van der Waals surface area contributed by atoms with Crippen LogP contribution in [0.1, 0.15) is 21.7 Å². The van der Waals surface area contributed by atoms with E-state index >= 15 is 0 Å². The third-order valence-corrected chi connectivity index (χ3v) is 5.50. The van der Waals surface area contributed by atoms with E-state index in [0.717, 1.165) is 5.56 Å². The standard InChI is InChI=1S/C19H17ClN2O4S/c1-13-4-7-16(8-5-13)27(24,25)22-18-9-6-14(11-17(18)20)19(23)21-12-15-3-2-10-26-15/h2-11,22H,12H2,1H3,(H,21,23). The zero-order chi connectivity index (χ0) is 19.4. The summed E-state index contributed by atoms with van der Waals surface area (Å²) in [7, 11) is -3.77. The molecule has 0 radical (unpaired) electrons. The lowest BCUT2D eigenvalue weighted by molar-refractivity contribution is 0.0948. The van der Waals surface area contributed by atoms with Crippen LogP contribution in [0.25, 0.3) is 0 Å². The molecule has 0 bridgehead atoms. The summed E-state index contributed by atoms with van der Waals surface area (Å²) in [6, 6.07) is 14.3. The van der Waals surface area contributed by atoms with Gasteiger partial charge in [-0.15, -0.1) is 0 Å². The van der Waals surface area contributed by atoms with Crippen LogP contribution in [-0.4, -0.2) is 14.3 Å². The van der Waals surface area contributed by atoms with E-state index in [1.165, 1.54) is 36.6 Å². The Morgan fingerprint density at radius 1 is 1.11 bits per heavy atom. The maximum Gasteiger partial charge on any atom is 0.261 e. The lowest BCUT2D eigenvalue weighted by atomic mass is 10.2. The summed E-state index contributed by atoms with van der Waals surface area (Å²) in [6.07, 6.45) is 1.52. The molecule has 3 rings (SSSR count). The Morgan fingerprint density at radius 2 is 1.85 bits per heavy atom. The average Bonchev–Trinajstić information content (AvgIpc) is 3.15. The zero-order valence-electron chi connectivity index (χ0n) is 14.4. The molecule has 0 saturated heterocycles. The van der Waals surface area contributed by atoms with Crippen molar-refractivity contribution in [3.8, 4) is 0 Å². The largest absolute Gasteiger partial charge is 0.467 e. The summed E-state index contributed by atoms with van der Waals surface area (Å²) in [6.45, 7) is 2.11. The van der Waals surface area contributed by atoms with Gasteiger partial charge in [0, 0.05) is 5.56 Å². The minimum atomic E-state index is -3.77. The van der Waals surface area contributed by atoms with Gasteiger partial charge in [-0.05, 0) is 49.4 Å². The van der Waals surface area contributed by atoms with Crippen LogP contribution in [0.2, 0.25) is 5.02 Å². The summed E-state index contributed by atoms with van der Waals surface area (Å²) in [5.41, 5.74) is 1.46. The molecule has 0 unspecified atom stereocenters. The average molecular weight is 405 g/mol. The molecular formula is C19H17ClN2O4S. The van der Waals surface area contributed by atoms with Crippen LogP contribution in [0.3, 0.4) is 0 Å². The highest BCUT2D eigenvalue weighted by atomic mass is 35.5. The number of sulfonamides is 1. The number of amides is 1. The highest BCUT2D eigenvalue weighted by Gasteiger charge is 2.17. The van der Waals surface area contributed by atoms with E-state index in [9.17, 15) is 13.2 Å². The third-order valence-electron chi connectivity index (χ3n) is 3.81. The van der Waals surface area contributed by atoms with E-state index in [4.69, 9.17) is 16.0 Å². The number of benzene rings is 2. The Balaban J connectivity index is 1.72. The molecule has 0 fully saturated rings. The van der Waals surface area contributed by atoms with Gasteiger partial charge < -0.3 is 9.73 Å². The van der Waals surface area contributed by atoms with Gasteiger partial charge in [0.2, 0.25) is 0 Å². The van der Waals surface area contributed by atoms with Crippen molar-refractivity contribution in [1.82, 2.24) is 5.32 Å². The van der Waals surface area contributed by atoms with Crippen molar-refractivity contribution in [2.24, 2.45) is 0 Å². The van der Waals surface area contributed by atoms with Gasteiger partial charge in [0.15, 0.2) is 0 Å². The van der Waals surface area contributed by atoms with Gasteiger partial charge >= 0.3 is 0 Å². The molecule has 0 spiro atoms. The molecule has 0 aliphatic rings. The molecule has 140 valence electrons. The van der Waals surface area contributed by atoms with Crippen molar-refractivity contribution >= 4 is 33.2 Å². The summed E-state index contributed by atoms with van der Waals surface area (Å²) in [5, 5.41) is 2.82. The Kier molecular flexibility index (Phi) is 5.53. The number of nitrogens with one attached hydrogen (secondary N) is 2. The number of furan rings is 1. The van der Waals surface area contributed by atoms with E-state index < -0.39 is 10.0 Å². The Bertz CT molecular complexity index is 1050. The number of anilines is 1. The monoisotopic (exact) mass is 404 g/mol. The number of carbonyl (C=O) groups is 1. The number of carbonyl (C=O) groups excluding carboxylic acids is 1. The van der Waals surface area contributed by atoms with Crippen LogP contribution in [0, 0.1) is 6.92 Å². The second kappa shape index (κ2) is 7.85. The molecule has 3 aromatic rings. The fourth-order valence-electron chi connectivity index (χ4n) is 2.34. The van der Waals surface area contributed by atoms with Crippen molar-refractivity contribution in [3.05, 3.63) is 82.8 Å². The highest BCUT2D eigenvalue weighted by molar-refractivity contribution is 7.92. The normalized spacial score (nSPS) is 11.2. The molecule has 8 heteroatoms. The predicted octanol–water partition coefficient (Wildman–Crippen LogP) is 3.97. The minimum Gasteiger partial charge on any atom is -0.467 e. The first kappa shape index (κ1) is 19.0. The Hall–Kier alpha value is -2.77. The smallest absolute Gasteiger partial charge is 0.261 e. The molecule has 2 aromatic carbocycles. The molecule has 1 heterocycles. The number of hydrogen-bond acceptors (Lipinski definition) is 4. The minimum absolute atomic E-state index is 0.122. The van der Waals surface area contributed by atoms with Gasteiger partial charge in [0.05, 0.1) is 28.4 Å². The maximum absolute atomic E-state index is 12.5. The predicted molar refractivity (Wildman–Crippen MR) is 103 cm³/mol. The first-order chi connectivity index (χ1) is 12.8.